The Kier molecular flexibility index (Phi) is 2.89. The Morgan fingerprint density at radius 2 is 1.95 bits per heavy atom. The Hall–Kier alpha value is -2.43. The second kappa shape index (κ2) is 4.59. The van der Waals surface area contributed by atoms with E-state index in [1.54, 1.807) is 13.0 Å². The van der Waals surface area contributed by atoms with Crippen molar-refractivity contribution in [1.29, 1.82) is 0 Å². The third kappa shape index (κ3) is 2.01. The van der Waals surface area contributed by atoms with Crippen molar-refractivity contribution in [1.82, 2.24) is 19.6 Å². The van der Waals surface area contributed by atoms with Crippen LogP contribution < -0.4 is 0 Å². The van der Waals surface area contributed by atoms with Crippen molar-refractivity contribution in [3.05, 3.63) is 47.2 Å². The van der Waals surface area contributed by atoms with E-state index in [4.69, 9.17) is 0 Å². The fraction of sp³-hybridized carbons (Fsp3) is 0.267. The number of hydrogen-bond donors (Lipinski definition) is 0. The summed E-state index contributed by atoms with van der Waals surface area (Å²) in [6.45, 7) is 4.27. The van der Waals surface area contributed by atoms with Crippen LogP contribution in [0.1, 0.15) is 28.5 Å². The van der Waals surface area contributed by atoms with Crippen LogP contribution in [0.15, 0.2) is 30.3 Å². The minimum absolute atomic E-state index is 0.0346. The molecule has 0 atom stereocenters. The van der Waals surface area contributed by atoms with Crippen molar-refractivity contribution >= 4 is 16.9 Å². The summed E-state index contributed by atoms with van der Waals surface area (Å²) in [6.07, 6.45) is 0. The highest BCUT2D eigenvalue weighted by Gasteiger charge is 2.15. The van der Waals surface area contributed by atoms with Crippen molar-refractivity contribution in [2.45, 2.75) is 20.4 Å². The lowest BCUT2D eigenvalue weighted by atomic mass is 10.1. The first kappa shape index (κ1) is 12.6. The molecule has 20 heavy (non-hydrogen) atoms. The number of carbonyl (C=O) groups is 1. The van der Waals surface area contributed by atoms with Gasteiger partial charge in [0.15, 0.2) is 11.4 Å². The Labute approximate surface area is 116 Å². The highest BCUT2D eigenvalue weighted by molar-refractivity contribution is 5.97. The summed E-state index contributed by atoms with van der Waals surface area (Å²) in [6, 6.07) is 10.1. The monoisotopic (exact) mass is 268 g/mol. The molecule has 0 aliphatic rings. The van der Waals surface area contributed by atoms with Gasteiger partial charge in [-0.2, -0.15) is 0 Å². The maximum absolute atomic E-state index is 11.6. The van der Waals surface area contributed by atoms with Gasteiger partial charge in [0, 0.05) is 14.0 Å². The standard InChI is InChI=1S/C15H16N4O/c1-10-4-6-12(7-5-10)9-19-15-13(16-17-19)8-14(11(2)20)18(15)3/h4-8H,9H2,1-3H3. The first-order valence-corrected chi connectivity index (χ1v) is 6.51. The smallest absolute Gasteiger partial charge is 0.176 e. The molecule has 3 aromatic rings. The Morgan fingerprint density at radius 3 is 2.60 bits per heavy atom. The zero-order valence-corrected chi connectivity index (χ0v) is 11.8. The van der Waals surface area contributed by atoms with E-state index in [0.29, 0.717) is 12.2 Å². The zero-order chi connectivity index (χ0) is 14.3. The lowest BCUT2D eigenvalue weighted by Crippen LogP contribution is -2.08. The predicted molar refractivity (Wildman–Crippen MR) is 76.8 cm³/mol. The number of hydrogen-bond acceptors (Lipinski definition) is 3. The molecule has 0 saturated carbocycles. The van der Waals surface area contributed by atoms with Crippen LogP contribution >= 0.6 is 0 Å². The molecule has 2 heterocycles. The van der Waals surface area contributed by atoms with Crippen LogP contribution in [0.3, 0.4) is 0 Å². The quantitative estimate of drug-likeness (QED) is 0.685. The van der Waals surface area contributed by atoms with Crippen molar-refractivity contribution in [2.24, 2.45) is 7.05 Å². The number of Topliss-reactive ketones (excluding diaryl/α,β-unsaturated/α-hetero) is 1. The largest absolute Gasteiger partial charge is 0.325 e. The molecule has 0 saturated heterocycles. The van der Waals surface area contributed by atoms with Crippen LogP contribution in [-0.2, 0) is 13.6 Å². The molecule has 0 amide bonds. The number of rotatable bonds is 3. The topological polar surface area (TPSA) is 52.7 Å². The maximum Gasteiger partial charge on any atom is 0.176 e. The number of fused-ring (bicyclic) bond motifs is 1. The van der Waals surface area contributed by atoms with Crippen molar-refractivity contribution in [3.63, 3.8) is 0 Å². The minimum atomic E-state index is 0.0346. The van der Waals surface area contributed by atoms with E-state index in [9.17, 15) is 4.79 Å². The molecule has 0 aliphatic carbocycles. The molecule has 0 unspecified atom stereocenters. The average Bonchev–Trinajstić information content (AvgIpc) is 2.94. The summed E-state index contributed by atoms with van der Waals surface area (Å²) >= 11 is 0. The first-order valence-electron chi connectivity index (χ1n) is 6.51. The lowest BCUT2D eigenvalue weighted by Gasteiger charge is -2.05. The van der Waals surface area contributed by atoms with E-state index in [1.807, 2.05) is 16.3 Å². The Balaban J connectivity index is 2.03. The summed E-state index contributed by atoms with van der Waals surface area (Å²) in [7, 11) is 1.87. The second-order valence-corrected chi connectivity index (χ2v) is 5.09. The van der Waals surface area contributed by atoms with E-state index >= 15 is 0 Å². The summed E-state index contributed by atoms with van der Waals surface area (Å²) in [5.41, 5.74) is 4.67. The highest BCUT2D eigenvalue weighted by Crippen LogP contribution is 2.18. The number of aromatic nitrogens is 4. The van der Waals surface area contributed by atoms with E-state index < -0.39 is 0 Å². The number of benzene rings is 1. The zero-order valence-electron chi connectivity index (χ0n) is 11.8. The molecule has 0 bridgehead atoms. The van der Waals surface area contributed by atoms with Crippen LogP contribution in [-0.4, -0.2) is 25.3 Å². The van der Waals surface area contributed by atoms with Gasteiger partial charge in [0.1, 0.15) is 5.52 Å². The molecule has 5 heteroatoms. The minimum Gasteiger partial charge on any atom is -0.325 e. The molecule has 0 N–H and O–H groups in total. The van der Waals surface area contributed by atoms with Crippen molar-refractivity contribution < 1.29 is 4.79 Å². The number of ketones is 1. The van der Waals surface area contributed by atoms with E-state index in [0.717, 1.165) is 16.7 Å². The van der Waals surface area contributed by atoms with Crippen LogP contribution in [0.2, 0.25) is 0 Å². The van der Waals surface area contributed by atoms with Gasteiger partial charge in [0.2, 0.25) is 0 Å². The van der Waals surface area contributed by atoms with Gasteiger partial charge in [-0.15, -0.1) is 5.10 Å². The van der Waals surface area contributed by atoms with Gasteiger partial charge >= 0.3 is 0 Å². The van der Waals surface area contributed by atoms with E-state index in [-0.39, 0.29) is 5.78 Å². The lowest BCUT2D eigenvalue weighted by molar-refractivity contribution is 0.101. The molecule has 0 aliphatic heterocycles. The molecule has 1 aromatic carbocycles. The molecular formula is C15H16N4O. The van der Waals surface area contributed by atoms with Gasteiger partial charge in [-0.25, -0.2) is 4.68 Å². The summed E-state index contributed by atoms with van der Waals surface area (Å²) in [5.74, 6) is 0.0346. The second-order valence-electron chi connectivity index (χ2n) is 5.09. The number of nitrogens with zero attached hydrogens (tertiary/aromatic N) is 4. The number of carbonyl (C=O) groups excluding carboxylic acids is 1. The van der Waals surface area contributed by atoms with Gasteiger partial charge < -0.3 is 4.57 Å². The molecule has 102 valence electrons. The number of aryl methyl sites for hydroxylation is 2. The summed E-state index contributed by atoms with van der Waals surface area (Å²) in [5, 5.41) is 8.31. The summed E-state index contributed by atoms with van der Waals surface area (Å²) in [4.78, 5) is 11.6. The summed E-state index contributed by atoms with van der Waals surface area (Å²) < 4.78 is 3.68. The predicted octanol–water partition coefficient (Wildman–Crippen LogP) is 2.33. The molecule has 3 rings (SSSR count). The molecule has 0 radical (unpaired) electrons. The Bertz CT molecular complexity index is 780. The van der Waals surface area contributed by atoms with Gasteiger partial charge in [0.05, 0.1) is 12.2 Å². The first-order chi connectivity index (χ1) is 9.56. The Morgan fingerprint density at radius 1 is 1.25 bits per heavy atom. The molecule has 0 spiro atoms. The molecule has 2 aromatic heterocycles. The van der Waals surface area contributed by atoms with Crippen LogP contribution in [0, 0.1) is 6.92 Å². The third-order valence-corrected chi connectivity index (χ3v) is 3.50. The van der Waals surface area contributed by atoms with Crippen LogP contribution in [0.4, 0.5) is 0 Å². The van der Waals surface area contributed by atoms with Gasteiger partial charge in [-0.3, -0.25) is 4.79 Å². The SMILES string of the molecule is CC(=O)c1cc2nnn(Cc3ccc(C)cc3)c2n1C. The average molecular weight is 268 g/mol. The van der Waals surface area contributed by atoms with E-state index in [1.165, 1.54) is 5.56 Å². The van der Waals surface area contributed by atoms with Gasteiger partial charge in [-0.1, -0.05) is 35.0 Å². The van der Waals surface area contributed by atoms with Crippen molar-refractivity contribution in [3.8, 4) is 0 Å². The molecule has 5 nitrogen and oxygen atoms in total. The van der Waals surface area contributed by atoms with Crippen LogP contribution in [0.5, 0.6) is 0 Å². The fourth-order valence-electron chi connectivity index (χ4n) is 2.41. The van der Waals surface area contributed by atoms with Gasteiger partial charge in [-0.05, 0) is 18.6 Å². The van der Waals surface area contributed by atoms with Gasteiger partial charge in [0.25, 0.3) is 0 Å². The normalized spacial score (nSPS) is 11.2. The highest BCUT2D eigenvalue weighted by atomic mass is 16.1. The van der Waals surface area contributed by atoms with Crippen molar-refractivity contribution in [2.75, 3.05) is 0 Å². The fourth-order valence-corrected chi connectivity index (χ4v) is 2.41. The molecular weight excluding hydrogens is 252 g/mol. The maximum atomic E-state index is 11.6. The van der Waals surface area contributed by atoms with E-state index in [2.05, 4.69) is 41.5 Å². The third-order valence-electron chi connectivity index (χ3n) is 3.50. The molecule has 0 fully saturated rings. The van der Waals surface area contributed by atoms with Crippen LogP contribution in [0.25, 0.3) is 11.2 Å².